The van der Waals surface area contributed by atoms with Crippen molar-refractivity contribution in [1.29, 1.82) is 0 Å². The summed E-state index contributed by atoms with van der Waals surface area (Å²) in [6.07, 6.45) is 5.94. The summed E-state index contributed by atoms with van der Waals surface area (Å²) in [6.45, 7) is 5.73. The molecule has 2 rings (SSSR count). The minimum Gasteiger partial charge on any atom is -0.463 e. The van der Waals surface area contributed by atoms with Crippen LogP contribution in [0, 0.1) is 5.41 Å². The van der Waals surface area contributed by atoms with Crippen LogP contribution in [0.4, 0.5) is 5.95 Å². The summed E-state index contributed by atoms with van der Waals surface area (Å²) in [5.41, 5.74) is 0.443. The van der Waals surface area contributed by atoms with Crippen LogP contribution in [-0.2, 0) is 0 Å². The van der Waals surface area contributed by atoms with Crippen LogP contribution in [0.1, 0.15) is 46.0 Å². The minimum absolute atomic E-state index is 0.170. The van der Waals surface area contributed by atoms with Crippen LogP contribution in [0.5, 0.6) is 6.01 Å². The van der Waals surface area contributed by atoms with Crippen LogP contribution in [0.25, 0.3) is 0 Å². The van der Waals surface area contributed by atoms with Gasteiger partial charge in [0.25, 0.3) is 0 Å². The standard InChI is InChI=1S/C13H21ClN4O/c1-3-5-13(6-7-13)9-15-11-16-10(14)17-12(18-11)19-8-4-2/h3-9H2,1-2H3,(H,15,16,17,18). The lowest BCUT2D eigenvalue weighted by molar-refractivity contribution is 0.291. The summed E-state index contributed by atoms with van der Waals surface area (Å²) in [5.74, 6) is 0.508. The number of nitrogens with one attached hydrogen (secondary N) is 1. The second-order valence-electron chi connectivity index (χ2n) is 5.16. The molecule has 106 valence electrons. The third-order valence-electron chi connectivity index (χ3n) is 3.38. The molecule has 0 radical (unpaired) electrons. The monoisotopic (exact) mass is 284 g/mol. The molecule has 6 heteroatoms. The molecule has 0 spiro atoms. The van der Waals surface area contributed by atoms with Crippen LogP contribution in [0.3, 0.4) is 0 Å². The summed E-state index contributed by atoms with van der Waals surface area (Å²) in [4.78, 5) is 12.3. The lowest BCUT2D eigenvalue weighted by atomic mass is 10.0. The van der Waals surface area contributed by atoms with E-state index in [2.05, 4.69) is 27.2 Å². The van der Waals surface area contributed by atoms with Crippen LogP contribution in [-0.4, -0.2) is 28.1 Å². The number of nitrogens with zero attached hydrogens (tertiary/aromatic N) is 3. The fourth-order valence-electron chi connectivity index (χ4n) is 2.16. The summed E-state index contributed by atoms with van der Waals surface area (Å²) < 4.78 is 5.39. The first-order chi connectivity index (χ1) is 9.17. The fourth-order valence-corrected chi connectivity index (χ4v) is 2.31. The Morgan fingerprint density at radius 1 is 1.21 bits per heavy atom. The van der Waals surface area contributed by atoms with Crippen molar-refractivity contribution in [2.24, 2.45) is 5.41 Å². The molecule has 5 nitrogen and oxygen atoms in total. The van der Waals surface area contributed by atoms with Crippen LogP contribution >= 0.6 is 11.6 Å². The quantitative estimate of drug-likeness (QED) is 0.793. The molecular formula is C13H21ClN4O. The lowest BCUT2D eigenvalue weighted by Gasteiger charge is -2.15. The van der Waals surface area contributed by atoms with E-state index < -0.39 is 0 Å². The van der Waals surface area contributed by atoms with Gasteiger partial charge in [-0.2, -0.15) is 15.0 Å². The van der Waals surface area contributed by atoms with E-state index in [9.17, 15) is 0 Å². The van der Waals surface area contributed by atoms with E-state index in [0.717, 1.165) is 13.0 Å². The van der Waals surface area contributed by atoms with Gasteiger partial charge in [-0.15, -0.1) is 0 Å². The summed E-state index contributed by atoms with van der Waals surface area (Å²) in [5, 5.41) is 3.43. The molecule has 1 N–H and O–H groups in total. The molecule has 0 bridgehead atoms. The Morgan fingerprint density at radius 2 is 2.00 bits per heavy atom. The van der Waals surface area contributed by atoms with Crippen molar-refractivity contribution in [2.75, 3.05) is 18.5 Å². The van der Waals surface area contributed by atoms with Gasteiger partial charge in [0, 0.05) is 6.54 Å². The lowest BCUT2D eigenvalue weighted by Crippen LogP contribution is -2.17. The van der Waals surface area contributed by atoms with Gasteiger partial charge >= 0.3 is 6.01 Å². The molecule has 0 saturated heterocycles. The van der Waals surface area contributed by atoms with E-state index in [4.69, 9.17) is 16.3 Å². The van der Waals surface area contributed by atoms with Gasteiger partial charge in [0.1, 0.15) is 0 Å². The van der Waals surface area contributed by atoms with Crippen molar-refractivity contribution < 1.29 is 4.74 Å². The van der Waals surface area contributed by atoms with Gasteiger partial charge in [-0.05, 0) is 42.7 Å². The minimum atomic E-state index is 0.170. The maximum Gasteiger partial charge on any atom is 0.322 e. The third kappa shape index (κ3) is 4.20. The molecule has 1 aliphatic rings. The zero-order valence-electron chi connectivity index (χ0n) is 11.6. The number of hydrogen-bond acceptors (Lipinski definition) is 5. The van der Waals surface area contributed by atoms with Crippen molar-refractivity contribution in [3.8, 4) is 6.01 Å². The van der Waals surface area contributed by atoms with E-state index in [-0.39, 0.29) is 5.28 Å². The van der Waals surface area contributed by atoms with Crippen LogP contribution in [0.15, 0.2) is 0 Å². The highest BCUT2D eigenvalue weighted by Gasteiger charge is 2.41. The number of ether oxygens (including phenoxy) is 1. The topological polar surface area (TPSA) is 59.9 Å². The normalized spacial score (nSPS) is 16.2. The Labute approximate surface area is 119 Å². The highest BCUT2D eigenvalue weighted by molar-refractivity contribution is 6.28. The number of anilines is 1. The highest BCUT2D eigenvalue weighted by atomic mass is 35.5. The Morgan fingerprint density at radius 3 is 2.63 bits per heavy atom. The Balaban J connectivity index is 1.94. The number of halogens is 1. The second-order valence-corrected chi connectivity index (χ2v) is 5.50. The Hall–Kier alpha value is -1.10. The van der Waals surface area contributed by atoms with E-state index in [1.54, 1.807) is 0 Å². The molecule has 1 fully saturated rings. The van der Waals surface area contributed by atoms with Gasteiger partial charge < -0.3 is 10.1 Å². The average Bonchev–Trinajstić information content (AvgIpc) is 3.14. The van der Waals surface area contributed by atoms with E-state index in [1.807, 2.05) is 6.92 Å². The van der Waals surface area contributed by atoms with Gasteiger partial charge in [0.2, 0.25) is 11.2 Å². The van der Waals surface area contributed by atoms with Crippen molar-refractivity contribution in [2.45, 2.75) is 46.0 Å². The fraction of sp³-hybridized carbons (Fsp3) is 0.769. The molecule has 0 aromatic carbocycles. The molecule has 19 heavy (non-hydrogen) atoms. The van der Waals surface area contributed by atoms with Crippen molar-refractivity contribution >= 4 is 17.5 Å². The van der Waals surface area contributed by atoms with Crippen molar-refractivity contribution in [3.05, 3.63) is 5.28 Å². The van der Waals surface area contributed by atoms with Gasteiger partial charge in [-0.1, -0.05) is 20.3 Å². The van der Waals surface area contributed by atoms with Gasteiger partial charge in [-0.25, -0.2) is 0 Å². The van der Waals surface area contributed by atoms with Crippen molar-refractivity contribution in [3.63, 3.8) is 0 Å². The number of aromatic nitrogens is 3. The smallest absolute Gasteiger partial charge is 0.322 e. The maximum atomic E-state index is 5.87. The summed E-state index contributed by atoms with van der Waals surface area (Å²) in [6, 6.07) is 0.296. The second kappa shape index (κ2) is 6.37. The Kier molecular flexibility index (Phi) is 4.80. The van der Waals surface area contributed by atoms with Crippen molar-refractivity contribution in [1.82, 2.24) is 15.0 Å². The first-order valence-electron chi connectivity index (χ1n) is 6.96. The molecule has 1 aliphatic carbocycles. The predicted molar refractivity (Wildman–Crippen MR) is 75.7 cm³/mol. The molecule has 1 heterocycles. The van der Waals surface area contributed by atoms with E-state index >= 15 is 0 Å². The zero-order valence-corrected chi connectivity index (χ0v) is 12.3. The van der Waals surface area contributed by atoms with Crippen LogP contribution < -0.4 is 10.1 Å². The molecule has 0 aliphatic heterocycles. The third-order valence-corrected chi connectivity index (χ3v) is 3.55. The maximum absolute atomic E-state index is 5.87. The van der Waals surface area contributed by atoms with E-state index in [0.29, 0.717) is 24.0 Å². The first kappa shape index (κ1) is 14.3. The molecule has 1 saturated carbocycles. The highest BCUT2D eigenvalue weighted by Crippen LogP contribution is 2.49. The average molecular weight is 285 g/mol. The van der Waals surface area contributed by atoms with Gasteiger partial charge in [0.15, 0.2) is 0 Å². The number of rotatable bonds is 8. The summed E-state index contributed by atoms with van der Waals surface area (Å²) >= 11 is 5.87. The molecule has 0 unspecified atom stereocenters. The molecule has 0 atom stereocenters. The van der Waals surface area contributed by atoms with Gasteiger partial charge in [0.05, 0.1) is 6.61 Å². The number of hydrogen-bond donors (Lipinski definition) is 1. The van der Waals surface area contributed by atoms with Crippen LogP contribution in [0.2, 0.25) is 5.28 Å². The molecule has 0 amide bonds. The summed E-state index contributed by atoms with van der Waals surface area (Å²) in [7, 11) is 0. The SMILES string of the molecule is CCCOc1nc(Cl)nc(NCC2(CCC)CC2)n1. The molecular weight excluding hydrogens is 264 g/mol. The molecule has 1 aromatic rings. The predicted octanol–water partition coefficient (Wildman–Crippen LogP) is 3.31. The first-order valence-corrected chi connectivity index (χ1v) is 7.33. The zero-order chi connectivity index (χ0) is 13.7. The largest absolute Gasteiger partial charge is 0.463 e. The molecule has 1 aromatic heterocycles. The van der Waals surface area contributed by atoms with Gasteiger partial charge in [-0.3, -0.25) is 0 Å². The van der Waals surface area contributed by atoms with E-state index in [1.165, 1.54) is 25.7 Å². The Bertz CT molecular complexity index is 423.